The van der Waals surface area contributed by atoms with Gasteiger partial charge in [-0.05, 0) is 35.7 Å². The summed E-state index contributed by atoms with van der Waals surface area (Å²) in [5.74, 6) is -10.2. The van der Waals surface area contributed by atoms with Crippen molar-refractivity contribution in [2.75, 3.05) is 4.90 Å². The van der Waals surface area contributed by atoms with Gasteiger partial charge >= 0.3 is 0 Å². The number of halogens is 5. The molecule has 3 aromatic carbocycles. The molecule has 0 heterocycles. The van der Waals surface area contributed by atoms with Crippen LogP contribution < -0.4 is 10.0 Å². The van der Waals surface area contributed by atoms with Gasteiger partial charge in [-0.15, -0.1) is 0 Å². The van der Waals surface area contributed by atoms with Crippen molar-refractivity contribution in [3.05, 3.63) is 94.3 Å². The highest BCUT2D eigenvalue weighted by Gasteiger charge is 2.27. The summed E-state index contributed by atoms with van der Waals surface area (Å²) in [6, 6.07) is 12.4. The predicted octanol–water partition coefficient (Wildman–Crippen LogP) is 4.80. The number of hydrogen-bond donors (Lipinski definition) is 1. The average Bonchev–Trinajstić information content (AvgIpc) is 2.78. The second-order valence-electron chi connectivity index (χ2n) is 7.12. The van der Waals surface area contributed by atoms with Crippen molar-refractivity contribution < 1.29 is 30.4 Å². The summed E-state index contributed by atoms with van der Waals surface area (Å²) < 4.78 is 93.0. The summed E-state index contributed by atoms with van der Waals surface area (Å²) in [6.07, 6.45) is 0.783. The van der Waals surface area contributed by atoms with E-state index in [1.54, 1.807) is 12.1 Å². The van der Waals surface area contributed by atoms with Gasteiger partial charge < -0.3 is 4.90 Å². The number of nitrogens with two attached hydrogens (primary N) is 1. The highest BCUT2D eigenvalue weighted by atomic mass is 32.2. The molecule has 4 nitrogen and oxygen atoms in total. The van der Waals surface area contributed by atoms with Crippen LogP contribution in [0.2, 0.25) is 0 Å². The minimum absolute atomic E-state index is 0.00242. The van der Waals surface area contributed by atoms with Crippen LogP contribution in [0.4, 0.5) is 27.6 Å². The van der Waals surface area contributed by atoms with Gasteiger partial charge in [0, 0.05) is 24.3 Å². The molecule has 170 valence electrons. The Hall–Kier alpha value is -2.98. The van der Waals surface area contributed by atoms with Gasteiger partial charge in [0.25, 0.3) is 0 Å². The number of sulfonamides is 1. The van der Waals surface area contributed by atoms with E-state index in [-0.39, 0.29) is 17.1 Å². The van der Waals surface area contributed by atoms with Gasteiger partial charge in [-0.3, -0.25) is 0 Å². The largest absolute Gasteiger partial charge is 0.363 e. The fraction of sp³-hybridized carbons (Fsp3) is 0.182. The van der Waals surface area contributed by atoms with E-state index in [9.17, 15) is 30.4 Å². The van der Waals surface area contributed by atoms with Crippen LogP contribution >= 0.6 is 0 Å². The molecule has 0 aromatic heterocycles. The van der Waals surface area contributed by atoms with Crippen LogP contribution in [0, 0.1) is 29.1 Å². The minimum Gasteiger partial charge on any atom is -0.363 e. The summed E-state index contributed by atoms with van der Waals surface area (Å²) in [6.45, 7) is 1.25. The molecule has 0 aliphatic carbocycles. The second-order valence-corrected chi connectivity index (χ2v) is 8.68. The molecule has 0 unspecified atom stereocenters. The Balaban J connectivity index is 2.09. The Morgan fingerprint density at radius 2 is 1.31 bits per heavy atom. The Bertz CT molecular complexity index is 1220. The SMILES string of the molecule is CCc1ccc(CN(Cc2c(F)c(F)c(F)c(F)c2F)c2cccc(S(N)(=O)=O)c2)cc1. The topological polar surface area (TPSA) is 63.4 Å². The van der Waals surface area contributed by atoms with Gasteiger partial charge in [-0.25, -0.2) is 35.5 Å². The number of anilines is 1. The Labute approximate surface area is 182 Å². The van der Waals surface area contributed by atoms with E-state index in [4.69, 9.17) is 5.14 Å². The first-order valence-corrected chi connectivity index (χ1v) is 11.0. The zero-order chi connectivity index (χ0) is 23.6. The molecule has 0 radical (unpaired) electrons. The van der Waals surface area contributed by atoms with Crippen LogP contribution in [-0.2, 0) is 29.5 Å². The van der Waals surface area contributed by atoms with Crippen molar-refractivity contribution in [1.29, 1.82) is 0 Å². The Morgan fingerprint density at radius 1 is 0.781 bits per heavy atom. The lowest BCUT2D eigenvalue weighted by Crippen LogP contribution is -2.25. The van der Waals surface area contributed by atoms with Crippen LogP contribution in [0.3, 0.4) is 0 Å². The molecule has 0 bridgehead atoms. The van der Waals surface area contributed by atoms with Crippen molar-refractivity contribution in [1.82, 2.24) is 0 Å². The van der Waals surface area contributed by atoms with Crippen LogP contribution in [0.1, 0.15) is 23.6 Å². The molecule has 2 N–H and O–H groups in total. The number of aryl methyl sites for hydroxylation is 1. The fourth-order valence-electron chi connectivity index (χ4n) is 3.18. The molecule has 0 atom stereocenters. The standard InChI is InChI=1S/C22H19F5N2O2S/c1-2-13-6-8-14(9-7-13)11-29(15-4-3-5-16(10-15)32(28,30)31)12-17-18(23)20(25)22(27)21(26)19(17)24/h3-10H,2,11-12H2,1H3,(H2,28,30,31). The number of primary sulfonamides is 1. The number of rotatable bonds is 7. The molecule has 0 spiro atoms. The third kappa shape index (κ3) is 4.91. The van der Waals surface area contributed by atoms with Crippen molar-refractivity contribution in [2.24, 2.45) is 5.14 Å². The van der Waals surface area contributed by atoms with Crippen molar-refractivity contribution >= 4 is 15.7 Å². The molecule has 3 aromatic rings. The second kappa shape index (κ2) is 9.25. The minimum atomic E-state index is -4.09. The summed E-state index contributed by atoms with van der Waals surface area (Å²) in [5, 5.41) is 5.16. The molecule has 0 fully saturated rings. The maximum atomic E-state index is 14.3. The van der Waals surface area contributed by atoms with E-state index < -0.39 is 51.2 Å². The number of nitrogens with zero attached hydrogens (tertiary/aromatic N) is 1. The maximum Gasteiger partial charge on any atom is 0.238 e. The summed E-state index contributed by atoms with van der Waals surface area (Å²) in [5.41, 5.74) is 0.844. The van der Waals surface area contributed by atoms with Crippen molar-refractivity contribution in [3.8, 4) is 0 Å². The van der Waals surface area contributed by atoms with Gasteiger partial charge in [0.2, 0.25) is 15.8 Å². The van der Waals surface area contributed by atoms with Crippen molar-refractivity contribution in [2.45, 2.75) is 31.3 Å². The van der Waals surface area contributed by atoms with Crippen LogP contribution in [0.5, 0.6) is 0 Å². The average molecular weight is 470 g/mol. The lowest BCUT2D eigenvalue weighted by molar-refractivity contribution is 0.369. The first-order valence-electron chi connectivity index (χ1n) is 9.48. The first-order chi connectivity index (χ1) is 15.0. The number of benzene rings is 3. The highest BCUT2D eigenvalue weighted by molar-refractivity contribution is 7.89. The molecule has 0 amide bonds. The Morgan fingerprint density at radius 3 is 1.84 bits per heavy atom. The lowest BCUT2D eigenvalue weighted by Gasteiger charge is -2.26. The van der Waals surface area contributed by atoms with E-state index in [1.807, 2.05) is 19.1 Å². The molecular weight excluding hydrogens is 451 g/mol. The van der Waals surface area contributed by atoms with Crippen LogP contribution in [0.25, 0.3) is 0 Å². The molecule has 0 saturated carbocycles. The maximum absolute atomic E-state index is 14.3. The Kier molecular flexibility index (Phi) is 6.85. The van der Waals surface area contributed by atoms with Gasteiger partial charge in [-0.2, -0.15) is 0 Å². The van der Waals surface area contributed by atoms with E-state index in [2.05, 4.69) is 0 Å². The molecule has 10 heteroatoms. The molecule has 0 saturated heterocycles. The zero-order valence-electron chi connectivity index (χ0n) is 16.9. The molecule has 3 rings (SSSR count). The van der Waals surface area contributed by atoms with Gasteiger partial charge in [-0.1, -0.05) is 37.3 Å². The third-order valence-electron chi connectivity index (χ3n) is 4.97. The molecular formula is C22H19F5N2O2S. The quantitative estimate of drug-likeness (QED) is 0.307. The zero-order valence-corrected chi connectivity index (χ0v) is 17.7. The van der Waals surface area contributed by atoms with Gasteiger partial charge in [0.1, 0.15) is 0 Å². The predicted molar refractivity (Wildman–Crippen MR) is 110 cm³/mol. The summed E-state index contributed by atoms with van der Waals surface area (Å²) >= 11 is 0. The fourth-order valence-corrected chi connectivity index (χ4v) is 3.73. The van der Waals surface area contributed by atoms with Crippen LogP contribution in [-0.4, -0.2) is 8.42 Å². The first kappa shape index (κ1) is 23.7. The summed E-state index contributed by atoms with van der Waals surface area (Å²) in [4.78, 5) is 1.03. The normalized spacial score (nSPS) is 11.6. The number of hydrogen-bond acceptors (Lipinski definition) is 3. The van der Waals surface area contributed by atoms with E-state index in [0.717, 1.165) is 12.0 Å². The highest BCUT2D eigenvalue weighted by Crippen LogP contribution is 2.28. The van der Waals surface area contributed by atoms with E-state index in [0.29, 0.717) is 5.56 Å². The van der Waals surface area contributed by atoms with Crippen LogP contribution in [0.15, 0.2) is 53.4 Å². The lowest BCUT2D eigenvalue weighted by atomic mass is 10.1. The molecule has 0 aliphatic rings. The molecule has 0 aliphatic heterocycles. The van der Waals surface area contributed by atoms with Gasteiger partial charge in [0.15, 0.2) is 23.3 Å². The summed E-state index contributed by atoms with van der Waals surface area (Å²) in [7, 11) is -4.09. The molecule has 32 heavy (non-hydrogen) atoms. The third-order valence-corrected chi connectivity index (χ3v) is 5.88. The van der Waals surface area contributed by atoms with E-state index >= 15 is 0 Å². The monoisotopic (exact) mass is 470 g/mol. The van der Waals surface area contributed by atoms with Crippen molar-refractivity contribution in [3.63, 3.8) is 0 Å². The van der Waals surface area contributed by atoms with Gasteiger partial charge in [0.05, 0.1) is 4.90 Å². The van der Waals surface area contributed by atoms with E-state index in [1.165, 1.54) is 29.2 Å². The smallest absolute Gasteiger partial charge is 0.238 e.